The number of fused-ring (bicyclic) bond motifs is 1. The molecule has 1 aromatic heterocycles. The Hall–Kier alpha value is -2.07. The van der Waals surface area contributed by atoms with Crippen molar-refractivity contribution < 1.29 is 12.8 Å². The van der Waals surface area contributed by atoms with Gasteiger partial charge in [0, 0.05) is 24.7 Å². The molecule has 0 bridgehead atoms. The highest BCUT2D eigenvalue weighted by Crippen LogP contribution is 2.25. The van der Waals surface area contributed by atoms with Crippen molar-refractivity contribution in [3.8, 4) is 0 Å². The van der Waals surface area contributed by atoms with Crippen molar-refractivity contribution in [1.82, 2.24) is 14.6 Å². The Morgan fingerprint density at radius 3 is 2.79 bits per heavy atom. The van der Waals surface area contributed by atoms with Crippen LogP contribution < -0.4 is 10.0 Å². The summed E-state index contributed by atoms with van der Waals surface area (Å²) in [4.78, 5) is 6.57. The maximum absolute atomic E-state index is 14.8. The predicted molar refractivity (Wildman–Crippen MR) is 133 cm³/mol. The summed E-state index contributed by atoms with van der Waals surface area (Å²) in [5.74, 6) is -0.554. The fourth-order valence-corrected chi connectivity index (χ4v) is 5.96. The third-order valence-electron chi connectivity index (χ3n) is 6.08. The van der Waals surface area contributed by atoms with Crippen molar-refractivity contribution >= 4 is 37.3 Å². The Morgan fingerprint density at radius 1 is 1.21 bits per heavy atom. The fourth-order valence-electron chi connectivity index (χ4n) is 4.17. The highest BCUT2D eigenvalue weighted by Gasteiger charge is 2.28. The minimum absolute atomic E-state index is 0.0644. The van der Waals surface area contributed by atoms with E-state index in [0.29, 0.717) is 12.1 Å². The van der Waals surface area contributed by atoms with Gasteiger partial charge in [0.1, 0.15) is 5.82 Å². The van der Waals surface area contributed by atoms with Crippen molar-refractivity contribution in [2.45, 2.75) is 56.5 Å². The molecule has 2 aromatic carbocycles. The zero-order chi connectivity index (χ0) is 23.6. The number of rotatable bonds is 7. The minimum Gasteiger partial charge on any atom is -0.379 e. The van der Waals surface area contributed by atoms with Crippen LogP contribution >= 0.6 is 11.3 Å². The lowest BCUT2D eigenvalue weighted by Crippen LogP contribution is -2.50. The summed E-state index contributed by atoms with van der Waals surface area (Å²) in [6.07, 6.45) is 2.55. The number of anilines is 1. The number of nitrogens with one attached hydrogen (secondary N) is 2. The summed E-state index contributed by atoms with van der Waals surface area (Å²) in [6.45, 7) is 8.64. The Morgan fingerprint density at radius 2 is 2.03 bits per heavy atom. The quantitative estimate of drug-likeness (QED) is 0.505. The topological polar surface area (TPSA) is 74.3 Å². The number of likely N-dealkylation sites (tertiary alicyclic amines) is 1. The smallest absolute Gasteiger partial charge is 0.240 e. The van der Waals surface area contributed by atoms with Gasteiger partial charge in [-0.25, -0.2) is 22.5 Å². The lowest BCUT2D eigenvalue weighted by atomic mass is 9.98. The Kier molecular flexibility index (Phi) is 7.04. The number of piperidine rings is 1. The summed E-state index contributed by atoms with van der Waals surface area (Å²) in [7, 11) is -3.80. The molecule has 1 aliphatic rings. The van der Waals surface area contributed by atoms with E-state index in [9.17, 15) is 12.8 Å². The standard InChI is InChI=1S/C24H31FN4O2S2/c1-24(2,3)29-12-4-5-18(15-29)28-21-9-7-19(14-20(21)25)33(30,31)27-11-10-17-6-8-22-23(13-17)32-16-26-22/h6-9,13-14,16,18,27-28H,4-5,10-12,15H2,1-3H3. The van der Waals surface area contributed by atoms with Crippen LogP contribution in [-0.4, -0.2) is 49.5 Å². The molecule has 4 rings (SSSR count). The lowest BCUT2D eigenvalue weighted by molar-refractivity contribution is 0.104. The van der Waals surface area contributed by atoms with Crippen LogP contribution in [0.25, 0.3) is 10.2 Å². The van der Waals surface area contributed by atoms with Crippen molar-refractivity contribution in [2.24, 2.45) is 0 Å². The third-order valence-corrected chi connectivity index (χ3v) is 8.33. The van der Waals surface area contributed by atoms with Crippen LogP contribution in [0.5, 0.6) is 0 Å². The monoisotopic (exact) mass is 490 g/mol. The molecule has 1 atom stereocenters. The molecule has 0 aliphatic carbocycles. The van der Waals surface area contributed by atoms with Gasteiger partial charge in [0.05, 0.1) is 26.3 Å². The first kappa shape index (κ1) is 24.1. The fraction of sp³-hybridized carbons (Fsp3) is 0.458. The predicted octanol–water partition coefficient (Wildman–Crippen LogP) is 4.63. The average molecular weight is 491 g/mol. The molecule has 0 saturated carbocycles. The number of aromatic nitrogens is 1. The second kappa shape index (κ2) is 9.66. The van der Waals surface area contributed by atoms with E-state index in [1.165, 1.54) is 12.1 Å². The van der Waals surface area contributed by atoms with Gasteiger partial charge in [-0.15, -0.1) is 11.3 Å². The van der Waals surface area contributed by atoms with Gasteiger partial charge in [0.25, 0.3) is 0 Å². The van der Waals surface area contributed by atoms with Crippen LogP contribution in [0.2, 0.25) is 0 Å². The normalized spacial score (nSPS) is 18.0. The van der Waals surface area contributed by atoms with Crippen LogP contribution in [0.15, 0.2) is 46.8 Å². The van der Waals surface area contributed by atoms with E-state index in [1.807, 2.05) is 18.2 Å². The van der Waals surface area contributed by atoms with Crippen LogP contribution in [-0.2, 0) is 16.4 Å². The molecule has 33 heavy (non-hydrogen) atoms. The first-order chi connectivity index (χ1) is 15.6. The summed E-state index contributed by atoms with van der Waals surface area (Å²) in [6, 6.07) is 10.1. The van der Waals surface area contributed by atoms with E-state index < -0.39 is 15.8 Å². The highest BCUT2D eigenvalue weighted by molar-refractivity contribution is 7.89. The molecule has 178 valence electrons. The molecule has 0 amide bonds. The van der Waals surface area contributed by atoms with Gasteiger partial charge in [0.15, 0.2) is 0 Å². The van der Waals surface area contributed by atoms with Gasteiger partial charge in [-0.3, -0.25) is 4.90 Å². The maximum atomic E-state index is 14.8. The molecule has 0 spiro atoms. The number of nitrogens with zero attached hydrogens (tertiary/aromatic N) is 2. The van der Waals surface area contributed by atoms with Crippen LogP contribution in [0.3, 0.4) is 0 Å². The molecule has 3 aromatic rings. The van der Waals surface area contributed by atoms with Gasteiger partial charge in [-0.2, -0.15) is 0 Å². The van der Waals surface area contributed by atoms with Gasteiger partial charge in [0.2, 0.25) is 10.0 Å². The molecule has 2 N–H and O–H groups in total. The number of sulfonamides is 1. The average Bonchev–Trinajstić information content (AvgIpc) is 3.22. The van der Waals surface area contributed by atoms with Crippen LogP contribution in [0, 0.1) is 5.82 Å². The van der Waals surface area contributed by atoms with Crippen molar-refractivity contribution in [1.29, 1.82) is 0 Å². The zero-order valence-electron chi connectivity index (χ0n) is 19.3. The van der Waals surface area contributed by atoms with Crippen LogP contribution in [0.4, 0.5) is 10.1 Å². The third kappa shape index (κ3) is 5.90. The van der Waals surface area contributed by atoms with E-state index >= 15 is 0 Å². The van der Waals surface area contributed by atoms with Crippen molar-refractivity contribution in [2.75, 3.05) is 25.0 Å². The van der Waals surface area contributed by atoms with Crippen molar-refractivity contribution in [3.63, 3.8) is 0 Å². The van der Waals surface area contributed by atoms with E-state index in [0.717, 1.165) is 47.8 Å². The molecule has 2 heterocycles. The van der Waals surface area contributed by atoms with E-state index in [2.05, 4.69) is 40.7 Å². The molecule has 1 fully saturated rings. The van der Waals surface area contributed by atoms with E-state index in [1.54, 1.807) is 16.8 Å². The molecule has 0 radical (unpaired) electrons. The number of hydrogen-bond donors (Lipinski definition) is 2. The summed E-state index contributed by atoms with van der Waals surface area (Å²) < 4.78 is 43.8. The second-order valence-corrected chi connectivity index (χ2v) is 12.2. The summed E-state index contributed by atoms with van der Waals surface area (Å²) >= 11 is 1.55. The zero-order valence-corrected chi connectivity index (χ0v) is 20.9. The number of hydrogen-bond acceptors (Lipinski definition) is 6. The summed E-state index contributed by atoms with van der Waals surface area (Å²) in [5, 5.41) is 3.27. The Labute approximate surface area is 199 Å². The summed E-state index contributed by atoms with van der Waals surface area (Å²) in [5.41, 5.74) is 4.16. The lowest BCUT2D eigenvalue weighted by Gasteiger charge is -2.42. The molecule has 1 aliphatic heterocycles. The van der Waals surface area contributed by atoms with E-state index in [4.69, 9.17) is 0 Å². The van der Waals surface area contributed by atoms with Gasteiger partial charge in [-0.05, 0) is 82.5 Å². The van der Waals surface area contributed by atoms with Gasteiger partial charge >= 0.3 is 0 Å². The molecule has 6 nitrogen and oxygen atoms in total. The Balaban J connectivity index is 1.36. The molecule has 1 saturated heterocycles. The molecule has 9 heteroatoms. The number of halogens is 1. The van der Waals surface area contributed by atoms with Crippen molar-refractivity contribution in [3.05, 3.63) is 53.3 Å². The molecule has 1 unspecified atom stereocenters. The van der Waals surface area contributed by atoms with Gasteiger partial charge in [-0.1, -0.05) is 6.07 Å². The number of thiazole rings is 1. The first-order valence-corrected chi connectivity index (χ1v) is 13.6. The SMILES string of the molecule is CC(C)(C)N1CCCC(Nc2ccc(S(=O)(=O)NCCc3ccc4ncsc4c3)cc2F)C1. The molecular weight excluding hydrogens is 459 g/mol. The van der Waals surface area contributed by atoms with Crippen LogP contribution in [0.1, 0.15) is 39.2 Å². The largest absolute Gasteiger partial charge is 0.379 e. The van der Waals surface area contributed by atoms with Gasteiger partial charge < -0.3 is 5.32 Å². The molecular formula is C24H31FN4O2S2. The van der Waals surface area contributed by atoms with E-state index in [-0.39, 0.29) is 23.0 Å². The first-order valence-electron chi connectivity index (χ1n) is 11.2. The Bertz CT molecular complexity index is 1220. The maximum Gasteiger partial charge on any atom is 0.240 e. The minimum atomic E-state index is -3.80. The second-order valence-electron chi connectivity index (χ2n) is 9.54. The number of benzene rings is 2. The highest BCUT2D eigenvalue weighted by atomic mass is 32.2.